The van der Waals surface area contributed by atoms with E-state index in [2.05, 4.69) is 27.6 Å². The molecule has 2 aliphatic rings. The third kappa shape index (κ3) is 2.27. The summed E-state index contributed by atoms with van der Waals surface area (Å²) in [4.78, 5) is 4.26. The first-order valence-electron chi connectivity index (χ1n) is 8.22. The number of fused-ring (bicyclic) bond motifs is 3. The lowest BCUT2D eigenvalue weighted by Gasteiger charge is -2.29. The van der Waals surface area contributed by atoms with Gasteiger partial charge >= 0.3 is 0 Å². The van der Waals surface area contributed by atoms with Gasteiger partial charge in [0.2, 0.25) is 0 Å². The molecule has 0 spiro atoms. The van der Waals surface area contributed by atoms with Crippen molar-refractivity contribution in [1.82, 2.24) is 9.38 Å². The van der Waals surface area contributed by atoms with Crippen molar-refractivity contribution in [2.45, 2.75) is 50.7 Å². The summed E-state index contributed by atoms with van der Waals surface area (Å²) >= 11 is 0. The quantitative estimate of drug-likeness (QED) is 0.900. The maximum absolute atomic E-state index is 10.7. The van der Waals surface area contributed by atoms with Gasteiger partial charge in [0.15, 0.2) is 0 Å². The lowest BCUT2D eigenvalue weighted by atomic mass is 9.82. The molecular weight excluding hydrogens is 276 g/mol. The first-order chi connectivity index (χ1) is 10.7. The molecule has 2 aliphatic carbocycles. The van der Waals surface area contributed by atoms with Gasteiger partial charge in [-0.05, 0) is 43.6 Å². The summed E-state index contributed by atoms with van der Waals surface area (Å²) in [6.07, 6.45) is 14.7. The van der Waals surface area contributed by atoms with E-state index in [9.17, 15) is 10.2 Å². The van der Waals surface area contributed by atoms with E-state index >= 15 is 0 Å². The van der Waals surface area contributed by atoms with Gasteiger partial charge in [-0.3, -0.25) is 0 Å². The molecule has 0 aromatic carbocycles. The van der Waals surface area contributed by atoms with Crippen molar-refractivity contribution >= 4 is 11.6 Å². The lowest BCUT2D eigenvalue weighted by molar-refractivity contribution is 0.0417. The first-order valence-corrected chi connectivity index (χ1v) is 8.22. The number of aliphatic hydroxyl groups is 2. The van der Waals surface area contributed by atoms with E-state index in [1.807, 2.05) is 12.5 Å². The number of hydrogen-bond donors (Lipinski definition) is 2. The molecule has 1 unspecified atom stereocenters. The Hall–Kier alpha value is -1.65. The molecule has 2 heterocycles. The number of rotatable bonds is 3. The molecule has 2 aromatic heterocycles. The Balaban J connectivity index is 1.63. The average Bonchev–Trinajstić information content (AvgIpc) is 3.11. The second-order valence-corrected chi connectivity index (χ2v) is 6.63. The molecule has 4 rings (SSSR count). The van der Waals surface area contributed by atoms with E-state index in [-0.39, 0.29) is 12.2 Å². The molecular formula is C18H22N2O2. The number of imidazole rings is 1. The second kappa shape index (κ2) is 5.52. The summed E-state index contributed by atoms with van der Waals surface area (Å²) in [5.41, 5.74) is 3.66. The highest BCUT2D eigenvalue weighted by atomic mass is 16.3. The molecule has 2 aromatic rings. The maximum Gasteiger partial charge on any atom is 0.0994 e. The molecule has 0 radical (unpaired) electrons. The zero-order chi connectivity index (χ0) is 15.1. The monoisotopic (exact) mass is 298 g/mol. The number of aromatic nitrogens is 2. The third-order valence-corrected chi connectivity index (χ3v) is 5.29. The van der Waals surface area contributed by atoms with E-state index in [4.69, 9.17) is 0 Å². The van der Waals surface area contributed by atoms with Crippen molar-refractivity contribution in [2.24, 2.45) is 5.92 Å². The number of hydrogen-bond acceptors (Lipinski definition) is 3. The molecule has 0 aliphatic heterocycles. The van der Waals surface area contributed by atoms with Crippen molar-refractivity contribution in [3.63, 3.8) is 0 Å². The van der Waals surface area contributed by atoms with Crippen LogP contribution in [-0.2, 0) is 12.8 Å². The summed E-state index contributed by atoms with van der Waals surface area (Å²) in [6.45, 7) is 0. The molecule has 0 saturated heterocycles. The van der Waals surface area contributed by atoms with E-state index in [0.29, 0.717) is 12.3 Å². The van der Waals surface area contributed by atoms with Crippen molar-refractivity contribution in [3.8, 4) is 0 Å². The van der Waals surface area contributed by atoms with E-state index < -0.39 is 0 Å². The summed E-state index contributed by atoms with van der Waals surface area (Å²) in [7, 11) is 0. The highest BCUT2D eigenvalue weighted by molar-refractivity contribution is 5.62. The minimum atomic E-state index is -0.337. The normalized spacial score (nSPS) is 25.9. The van der Waals surface area contributed by atoms with Crippen LogP contribution >= 0.6 is 0 Å². The summed E-state index contributed by atoms with van der Waals surface area (Å²) in [6, 6.07) is 0. The second-order valence-electron chi connectivity index (χ2n) is 6.63. The van der Waals surface area contributed by atoms with Gasteiger partial charge in [-0.1, -0.05) is 18.2 Å². The predicted octanol–water partition coefficient (Wildman–Crippen LogP) is 1.40. The van der Waals surface area contributed by atoms with Gasteiger partial charge in [-0.15, -0.1) is 0 Å². The van der Waals surface area contributed by atoms with Crippen molar-refractivity contribution in [3.05, 3.63) is 41.2 Å². The summed E-state index contributed by atoms with van der Waals surface area (Å²) < 4.78 is 2.13. The Morgan fingerprint density at radius 1 is 1.27 bits per heavy atom. The smallest absolute Gasteiger partial charge is 0.0994 e. The minimum Gasteiger partial charge on any atom is -0.393 e. The van der Waals surface area contributed by atoms with Gasteiger partial charge in [0.05, 0.1) is 30.2 Å². The van der Waals surface area contributed by atoms with Crippen LogP contribution < -0.4 is 5.22 Å². The van der Waals surface area contributed by atoms with Crippen LogP contribution in [0.3, 0.4) is 0 Å². The fourth-order valence-electron chi connectivity index (χ4n) is 4.00. The molecule has 116 valence electrons. The van der Waals surface area contributed by atoms with Crippen LogP contribution in [0.1, 0.15) is 36.9 Å². The zero-order valence-electron chi connectivity index (χ0n) is 12.7. The van der Waals surface area contributed by atoms with Gasteiger partial charge in [0.1, 0.15) is 0 Å². The first kappa shape index (κ1) is 14.0. The van der Waals surface area contributed by atoms with Gasteiger partial charge in [0, 0.05) is 17.3 Å². The zero-order valence-corrected chi connectivity index (χ0v) is 12.7. The molecule has 1 saturated carbocycles. The van der Waals surface area contributed by atoms with Crippen LogP contribution in [-0.4, -0.2) is 31.8 Å². The Morgan fingerprint density at radius 2 is 2.09 bits per heavy atom. The highest BCUT2D eigenvalue weighted by Crippen LogP contribution is 2.29. The molecule has 1 atom stereocenters. The van der Waals surface area contributed by atoms with Crippen LogP contribution in [0.4, 0.5) is 0 Å². The van der Waals surface area contributed by atoms with Crippen LogP contribution in [0.15, 0.2) is 24.7 Å². The summed E-state index contributed by atoms with van der Waals surface area (Å²) in [5, 5.41) is 21.6. The van der Waals surface area contributed by atoms with Gasteiger partial charge in [-0.2, -0.15) is 0 Å². The molecule has 0 amide bonds. The molecule has 4 heteroatoms. The Labute approximate surface area is 129 Å². The van der Waals surface area contributed by atoms with Crippen LogP contribution in [0.5, 0.6) is 0 Å². The van der Waals surface area contributed by atoms with E-state index in [1.54, 1.807) is 0 Å². The SMILES string of the molecule is OC1CCC(C(O)Cc2c3c(c4cncn24)=CC=CC3)CC1. The maximum atomic E-state index is 10.7. The number of aliphatic hydroxyl groups excluding tert-OH is 2. The average molecular weight is 298 g/mol. The van der Waals surface area contributed by atoms with Gasteiger partial charge in [-0.25, -0.2) is 4.98 Å². The third-order valence-electron chi connectivity index (χ3n) is 5.29. The van der Waals surface area contributed by atoms with Crippen molar-refractivity contribution < 1.29 is 10.2 Å². The standard InChI is InChI=1S/C18H22N2O2/c21-13-7-5-12(6-8-13)18(22)9-16-14-3-1-2-4-15(14)17-10-19-11-20(16)17/h1-2,4,10-13,18,21-22H,3,5-9H2. The number of allylic oxidation sites excluding steroid dienone is 2. The van der Waals surface area contributed by atoms with Gasteiger partial charge in [0.25, 0.3) is 0 Å². The van der Waals surface area contributed by atoms with Gasteiger partial charge < -0.3 is 14.6 Å². The molecule has 4 nitrogen and oxygen atoms in total. The predicted molar refractivity (Wildman–Crippen MR) is 85.4 cm³/mol. The minimum absolute atomic E-state index is 0.171. The fourth-order valence-corrected chi connectivity index (χ4v) is 4.00. The molecule has 22 heavy (non-hydrogen) atoms. The largest absolute Gasteiger partial charge is 0.393 e. The van der Waals surface area contributed by atoms with Crippen molar-refractivity contribution in [1.29, 1.82) is 0 Å². The van der Waals surface area contributed by atoms with Crippen molar-refractivity contribution in [2.75, 3.05) is 0 Å². The lowest BCUT2D eigenvalue weighted by Crippen LogP contribution is -2.29. The van der Waals surface area contributed by atoms with Crippen LogP contribution in [0, 0.1) is 5.92 Å². The summed E-state index contributed by atoms with van der Waals surface area (Å²) in [5.74, 6) is 0.302. The molecule has 0 bridgehead atoms. The Morgan fingerprint density at radius 3 is 2.91 bits per heavy atom. The fraction of sp³-hybridized carbons (Fsp3) is 0.500. The molecule has 2 N–H and O–H groups in total. The highest BCUT2D eigenvalue weighted by Gasteiger charge is 2.27. The Bertz CT molecular complexity index is 754. The number of nitrogens with zero attached hydrogens (tertiary/aromatic N) is 2. The Kier molecular flexibility index (Phi) is 3.51. The van der Waals surface area contributed by atoms with E-state index in [0.717, 1.165) is 37.6 Å². The van der Waals surface area contributed by atoms with E-state index in [1.165, 1.54) is 16.5 Å². The molecule has 1 fully saturated rings. The topological polar surface area (TPSA) is 57.8 Å². The van der Waals surface area contributed by atoms with Crippen LogP contribution in [0.25, 0.3) is 11.6 Å². The van der Waals surface area contributed by atoms with Crippen LogP contribution in [0.2, 0.25) is 0 Å².